The molecule has 5 nitrogen and oxygen atoms in total. The van der Waals surface area contributed by atoms with E-state index >= 15 is 0 Å². The van der Waals surface area contributed by atoms with E-state index < -0.39 is 4.92 Å². The number of hydrogen-bond donors (Lipinski definition) is 2. The van der Waals surface area contributed by atoms with Gasteiger partial charge in [0.15, 0.2) is 0 Å². The van der Waals surface area contributed by atoms with Crippen LogP contribution in [0.4, 0.5) is 11.4 Å². The lowest BCUT2D eigenvalue weighted by molar-refractivity contribution is -0.384. The van der Waals surface area contributed by atoms with Gasteiger partial charge < -0.3 is 10.4 Å². The molecule has 0 saturated carbocycles. The molecular formula is C11H18N2O3. The van der Waals surface area contributed by atoms with Gasteiger partial charge in [-0.25, -0.2) is 0 Å². The van der Waals surface area contributed by atoms with Crippen LogP contribution in [-0.2, 0) is 0 Å². The maximum Gasteiger partial charge on any atom is 0.292 e. The van der Waals surface area contributed by atoms with Crippen LogP contribution in [-0.4, -0.2) is 23.2 Å². The van der Waals surface area contributed by atoms with Gasteiger partial charge in [-0.05, 0) is 12.5 Å². The summed E-state index contributed by atoms with van der Waals surface area (Å²) in [5.41, 5.74) is 0.552. The minimum absolute atomic E-state index is 0.0606. The second kappa shape index (κ2) is 8.67. The standard InChI is InChI=1S/C9H12N2O3.C2H6/c12-7-3-6-10-8-4-1-2-5-9(8)11(13)14;1-2/h1-2,4-5,10,12H,3,6-7H2;1-2H3. The topological polar surface area (TPSA) is 75.4 Å². The number of hydrogen-bond acceptors (Lipinski definition) is 4. The number of aliphatic hydroxyl groups excluding tert-OH is 1. The lowest BCUT2D eigenvalue weighted by Gasteiger charge is -2.04. The van der Waals surface area contributed by atoms with Crippen LogP contribution in [0.5, 0.6) is 0 Å². The van der Waals surface area contributed by atoms with Crippen LogP contribution in [0.1, 0.15) is 20.3 Å². The van der Waals surface area contributed by atoms with E-state index in [1.165, 1.54) is 6.07 Å². The second-order valence-electron chi connectivity index (χ2n) is 2.78. The fraction of sp³-hybridized carbons (Fsp3) is 0.455. The molecular weight excluding hydrogens is 208 g/mol. The number of anilines is 1. The van der Waals surface area contributed by atoms with E-state index in [9.17, 15) is 10.1 Å². The van der Waals surface area contributed by atoms with E-state index in [1.54, 1.807) is 18.2 Å². The van der Waals surface area contributed by atoms with Crippen molar-refractivity contribution in [1.82, 2.24) is 0 Å². The fourth-order valence-electron chi connectivity index (χ4n) is 1.08. The van der Waals surface area contributed by atoms with Crippen LogP contribution in [0.15, 0.2) is 24.3 Å². The number of nitrogens with zero attached hydrogens (tertiary/aromatic N) is 1. The lowest BCUT2D eigenvalue weighted by Crippen LogP contribution is -2.05. The molecule has 0 atom stereocenters. The first-order valence-corrected chi connectivity index (χ1v) is 5.34. The summed E-state index contributed by atoms with van der Waals surface area (Å²) in [7, 11) is 0. The number of rotatable bonds is 5. The van der Waals surface area contributed by atoms with Gasteiger partial charge in [-0.3, -0.25) is 10.1 Å². The molecule has 5 heteroatoms. The first-order valence-electron chi connectivity index (χ1n) is 5.34. The zero-order valence-corrected chi connectivity index (χ0v) is 9.64. The van der Waals surface area contributed by atoms with Gasteiger partial charge >= 0.3 is 0 Å². The van der Waals surface area contributed by atoms with Crippen molar-refractivity contribution in [3.05, 3.63) is 34.4 Å². The van der Waals surface area contributed by atoms with Crippen molar-refractivity contribution in [3.8, 4) is 0 Å². The third-order valence-electron chi connectivity index (χ3n) is 1.75. The maximum absolute atomic E-state index is 10.6. The summed E-state index contributed by atoms with van der Waals surface area (Å²) in [5, 5.41) is 22.0. The molecule has 1 rings (SSSR count). The number of nitro benzene ring substituents is 1. The molecule has 0 aliphatic heterocycles. The Kier molecular flexibility index (Phi) is 7.79. The summed E-state index contributed by atoms with van der Waals surface area (Å²) < 4.78 is 0. The molecule has 16 heavy (non-hydrogen) atoms. The van der Waals surface area contributed by atoms with Crippen LogP contribution in [0.3, 0.4) is 0 Å². The summed E-state index contributed by atoms with van der Waals surface area (Å²) in [5.74, 6) is 0. The summed E-state index contributed by atoms with van der Waals surface area (Å²) in [6.07, 6.45) is 0.575. The van der Waals surface area contributed by atoms with Gasteiger partial charge in [0, 0.05) is 19.2 Å². The smallest absolute Gasteiger partial charge is 0.292 e. The Morgan fingerprint density at radius 2 is 2.00 bits per heavy atom. The first-order chi connectivity index (χ1) is 7.75. The van der Waals surface area contributed by atoms with Crippen molar-refractivity contribution >= 4 is 11.4 Å². The molecule has 0 heterocycles. The van der Waals surface area contributed by atoms with Crippen molar-refractivity contribution < 1.29 is 10.0 Å². The second-order valence-corrected chi connectivity index (χ2v) is 2.78. The molecule has 1 aromatic rings. The Morgan fingerprint density at radius 1 is 1.38 bits per heavy atom. The van der Waals surface area contributed by atoms with Gasteiger partial charge in [0.2, 0.25) is 0 Å². The van der Waals surface area contributed by atoms with Crippen LogP contribution in [0, 0.1) is 10.1 Å². The van der Waals surface area contributed by atoms with E-state index in [2.05, 4.69) is 5.32 Å². The average molecular weight is 226 g/mol. The average Bonchev–Trinajstić information content (AvgIpc) is 2.32. The van der Waals surface area contributed by atoms with Gasteiger partial charge in [0.25, 0.3) is 5.69 Å². The highest BCUT2D eigenvalue weighted by molar-refractivity contribution is 5.60. The zero-order valence-electron chi connectivity index (χ0n) is 9.64. The Hall–Kier alpha value is -1.62. The Balaban J connectivity index is 0.00000106. The molecule has 0 aromatic heterocycles. The molecule has 0 aliphatic carbocycles. The highest BCUT2D eigenvalue weighted by atomic mass is 16.6. The van der Waals surface area contributed by atoms with E-state index in [0.717, 1.165) is 0 Å². The van der Waals surface area contributed by atoms with Gasteiger partial charge in [0.05, 0.1) is 4.92 Å². The highest BCUT2D eigenvalue weighted by Gasteiger charge is 2.10. The Labute approximate surface area is 95.3 Å². The third kappa shape index (κ3) is 4.75. The molecule has 0 saturated heterocycles. The molecule has 0 fully saturated rings. The molecule has 0 unspecified atom stereocenters. The fourth-order valence-corrected chi connectivity index (χ4v) is 1.08. The predicted molar refractivity (Wildman–Crippen MR) is 64.6 cm³/mol. The number of aliphatic hydroxyl groups is 1. The molecule has 0 amide bonds. The summed E-state index contributed by atoms with van der Waals surface area (Å²) in [4.78, 5) is 10.1. The van der Waals surface area contributed by atoms with Crippen LogP contribution in [0.25, 0.3) is 0 Å². The first kappa shape index (κ1) is 14.4. The van der Waals surface area contributed by atoms with Gasteiger partial charge in [-0.1, -0.05) is 26.0 Å². The SMILES string of the molecule is CC.O=[N+]([O-])c1ccccc1NCCCO. The van der Waals surface area contributed by atoms with Crippen molar-refractivity contribution in [2.75, 3.05) is 18.5 Å². The predicted octanol–water partition coefficient (Wildman–Crippen LogP) is 2.42. The molecule has 0 bridgehead atoms. The molecule has 2 N–H and O–H groups in total. The van der Waals surface area contributed by atoms with Crippen LogP contribution in [0.2, 0.25) is 0 Å². The van der Waals surface area contributed by atoms with Gasteiger partial charge in [-0.2, -0.15) is 0 Å². The number of nitro groups is 1. The summed E-state index contributed by atoms with van der Waals surface area (Å²) in [6.45, 7) is 4.61. The largest absolute Gasteiger partial charge is 0.396 e. The Morgan fingerprint density at radius 3 is 2.56 bits per heavy atom. The third-order valence-corrected chi connectivity index (χ3v) is 1.75. The summed E-state index contributed by atoms with van der Waals surface area (Å²) >= 11 is 0. The molecule has 90 valence electrons. The van der Waals surface area contributed by atoms with Crippen molar-refractivity contribution in [3.63, 3.8) is 0 Å². The van der Waals surface area contributed by atoms with Crippen LogP contribution >= 0.6 is 0 Å². The monoisotopic (exact) mass is 226 g/mol. The number of nitrogens with one attached hydrogen (secondary N) is 1. The van der Waals surface area contributed by atoms with Crippen LogP contribution < -0.4 is 5.32 Å². The highest BCUT2D eigenvalue weighted by Crippen LogP contribution is 2.22. The van der Waals surface area contributed by atoms with Gasteiger partial charge in [0.1, 0.15) is 5.69 Å². The van der Waals surface area contributed by atoms with E-state index in [0.29, 0.717) is 18.7 Å². The quantitative estimate of drug-likeness (QED) is 0.459. The number of para-hydroxylation sites is 2. The molecule has 0 radical (unpaired) electrons. The summed E-state index contributed by atoms with van der Waals surface area (Å²) in [6, 6.07) is 6.44. The zero-order chi connectivity index (χ0) is 12.4. The normalized spacial score (nSPS) is 8.94. The number of benzene rings is 1. The van der Waals surface area contributed by atoms with Crippen molar-refractivity contribution in [1.29, 1.82) is 0 Å². The van der Waals surface area contributed by atoms with Crippen molar-refractivity contribution in [2.45, 2.75) is 20.3 Å². The van der Waals surface area contributed by atoms with E-state index in [4.69, 9.17) is 5.11 Å². The Bertz CT molecular complexity index is 316. The lowest BCUT2D eigenvalue weighted by atomic mass is 10.2. The van der Waals surface area contributed by atoms with Gasteiger partial charge in [-0.15, -0.1) is 0 Å². The minimum Gasteiger partial charge on any atom is -0.396 e. The minimum atomic E-state index is -0.429. The van der Waals surface area contributed by atoms with E-state index in [1.807, 2.05) is 13.8 Å². The van der Waals surface area contributed by atoms with E-state index in [-0.39, 0.29) is 12.3 Å². The molecule has 0 spiro atoms. The maximum atomic E-state index is 10.6. The molecule has 1 aromatic carbocycles. The van der Waals surface area contributed by atoms with Crippen molar-refractivity contribution in [2.24, 2.45) is 0 Å². The molecule has 0 aliphatic rings.